The van der Waals surface area contributed by atoms with Crippen molar-refractivity contribution in [1.29, 1.82) is 0 Å². The first kappa shape index (κ1) is 14.7. The Hall–Kier alpha value is -1.33. The lowest BCUT2D eigenvalue weighted by molar-refractivity contribution is -0.116. The van der Waals surface area contributed by atoms with Gasteiger partial charge in [-0.05, 0) is 37.1 Å². The summed E-state index contributed by atoms with van der Waals surface area (Å²) < 4.78 is 22.0. The van der Waals surface area contributed by atoms with Crippen LogP contribution in [0.3, 0.4) is 0 Å². The monoisotopic (exact) mass is 287 g/mol. The fraction of sp³-hybridized carbons (Fsp3) is 0.250. The minimum absolute atomic E-state index is 0.0749. The number of amides is 1. The van der Waals surface area contributed by atoms with E-state index < -0.39 is 9.05 Å². The van der Waals surface area contributed by atoms with Crippen LogP contribution in [0.15, 0.2) is 41.3 Å². The number of hydrogen-bond acceptors (Lipinski definition) is 3. The summed E-state index contributed by atoms with van der Waals surface area (Å²) in [5.74, 6) is -0.141. The van der Waals surface area contributed by atoms with Crippen LogP contribution in [0.1, 0.15) is 12.5 Å². The molecule has 18 heavy (non-hydrogen) atoms. The van der Waals surface area contributed by atoms with Crippen molar-refractivity contribution in [2.24, 2.45) is 0 Å². The van der Waals surface area contributed by atoms with Crippen LogP contribution in [0.4, 0.5) is 0 Å². The zero-order valence-corrected chi connectivity index (χ0v) is 11.5. The molecule has 0 spiro atoms. The molecule has 0 fully saturated rings. The van der Waals surface area contributed by atoms with Crippen molar-refractivity contribution in [2.45, 2.75) is 18.2 Å². The second-order valence-corrected chi connectivity index (χ2v) is 6.19. The Morgan fingerprint density at radius 3 is 2.44 bits per heavy atom. The fourth-order valence-electron chi connectivity index (χ4n) is 1.36. The van der Waals surface area contributed by atoms with E-state index >= 15 is 0 Å². The minimum Gasteiger partial charge on any atom is -0.352 e. The molecular weight excluding hydrogens is 274 g/mol. The predicted octanol–water partition coefficient (Wildman–Crippen LogP) is 1.85. The number of hydrogen-bond donors (Lipinski definition) is 1. The van der Waals surface area contributed by atoms with Crippen LogP contribution in [0.2, 0.25) is 0 Å². The molecule has 0 aliphatic heterocycles. The molecule has 0 aromatic heterocycles. The van der Waals surface area contributed by atoms with Gasteiger partial charge in [0.25, 0.3) is 9.05 Å². The molecule has 1 N–H and O–H groups in total. The molecule has 0 radical (unpaired) electrons. The van der Waals surface area contributed by atoms with Crippen LogP contribution in [0.5, 0.6) is 0 Å². The molecule has 98 valence electrons. The molecule has 1 aromatic rings. The van der Waals surface area contributed by atoms with Crippen LogP contribution in [0.25, 0.3) is 0 Å². The van der Waals surface area contributed by atoms with Crippen LogP contribution in [-0.4, -0.2) is 20.9 Å². The standard InChI is InChI=1S/C12H14ClNO3S/c1-2-3-12(15)14-9-8-10-4-6-11(7-5-10)18(13,16)17/h2-7H,8-9H2,1H3,(H,14,15). The Bertz CT molecular complexity index is 535. The third-order valence-electron chi connectivity index (χ3n) is 2.24. The quantitative estimate of drug-likeness (QED) is 0.664. The first-order valence-electron chi connectivity index (χ1n) is 5.37. The highest BCUT2D eigenvalue weighted by atomic mass is 35.7. The van der Waals surface area contributed by atoms with Crippen molar-refractivity contribution in [3.63, 3.8) is 0 Å². The second-order valence-electron chi connectivity index (χ2n) is 3.62. The van der Waals surface area contributed by atoms with Gasteiger partial charge in [-0.1, -0.05) is 18.2 Å². The van der Waals surface area contributed by atoms with Crippen molar-refractivity contribution < 1.29 is 13.2 Å². The van der Waals surface area contributed by atoms with E-state index in [1.807, 2.05) is 0 Å². The van der Waals surface area contributed by atoms with Gasteiger partial charge in [0.15, 0.2) is 0 Å². The van der Waals surface area contributed by atoms with Crippen LogP contribution in [-0.2, 0) is 20.3 Å². The SMILES string of the molecule is CC=CC(=O)NCCc1ccc(S(=O)(=O)Cl)cc1. The summed E-state index contributed by atoms with van der Waals surface area (Å²) >= 11 is 0. The van der Waals surface area contributed by atoms with Gasteiger partial charge < -0.3 is 5.32 Å². The summed E-state index contributed by atoms with van der Waals surface area (Å²) in [6, 6.07) is 6.25. The van der Waals surface area contributed by atoms with Crippen molar-refractivity contribution >= 4 is 25.6 Å². The van der Waals surface area contributed by atoms with Gasteiger partial charge in [-0.25, -0.2) is 8.42 Å². The number of nitrogens with one attached hydrogen (secondary N) is 1. The lowest BCUT2D eigenvalue weighted by Gasteiger charge is -2.03. The van der Waals surface area contributed by atoms with E-state index in [1.54, 1.807) is 25.1 Å². The average molecular weight is 288 g/mol. The van der Waals surface area contributed by atoms with Gasteiger partial charge in [-0.15, -0.1) is 0 Å². The molecule has 0 heterocycles. The van der Waals surface area contributed by atoms with E-state index in [2.05, 4.69) is 5.32 Å². The van der Waals surface area contributed by atoms with E-state index in [9.17, 15) is 13.2 Å². The molecule has 0 bridgehead atoms. The van der Waals surface area contributed by atoms with Gasteiger partial charge in [0.1, 0.15) is 0 Å². The predicted molar refractivity (Wildman–Crippen MR) is 71.0 cm³/mol. The largest absolute Gasteiger partial charge is 0.352 e. The van der Waals surface area contributed by atoms with E-state index in [0.29, 0.717) is 13.0 Å². The van der Waals surface area contributed by atoms with Gasteiger partial charge in [-0.2, -0.15) is 0 Å². The van der Waals surface area contributed by atoms with E-state index in [0.717, 1.165) is 5.56 Å². The van der Waals surface area contributed by atoms with Crippen LogP contribution in [0, 0.1) is 0 Å². The summed E-state index contributed by atoms with van der Waals surface area (Å²) in [5, 5.41) is 2.71. The zero-order chi connectivity index (χ0) is 13.6. The third-order valence-corrected chi connectivity index (χ3v) is 3.61. The highest BCUT2D eigenvalue weighted by Gasteiger charge is 2.08. The summed E-state index contributed by atoms with van der Waals surface area (Å²) in [6.45, 7) is 2.26. The van der Waals surface area contributed by atoms with Crippen molar-refractivity contribution in [3.8, 4) is 0 Å². The Morgan fingerprint density at radius 2 is 1.94 bits per heavy atom. The zero-order valence-electron chi connectivity index (χ0n) is 9.89. The van der Waals surface area contributed by atoms with Gasteiger partial charge in [0, 0.05) is 17.2 Å². The highest BCUT2D eigenvalue weighted by Crippen LogP contribution is 2.15. The Balaban J connectivity index is 2.52. The lowest BCUT2D eigenvalue weighted by atomic mass is 10.1. The molecule has 0 aliphatic rings. The van der Waals surface area contributed by atoms with E-state index in [4.69, 9.17) is 10.7 Å². The molecule has 1 rings (SSSR count). The fourth-order valence-corrected chi connectivity index (χ4v) is 2.13. The Morgan fingerprint density at radius 1 is 1.33 bits per heavy atom. The molecule has 1 aromatic carbocycles. The third kappa shape index (κ3) is 4.89. The summed E-state index contributed by atoms with van der Waals surface area (Å²) in [4.78, 5) is 11.2. The number of rotatable bonds is 5. The van der Waals surface area contributed by atoms with Crippen molar-refractivity contribution in [3.05, 3.63) is 42.0 Å². The van der Waals surface area contributed by atoms with E-state index in [-0.39, 0.29) is 10.8 Å². The second kappa shape index (κ2) is 6.56. The van der Waals surface area contributed by atoms with Crippen LogP contribution >= 0.6 is 10.7 Å². The van der Waals surface area contributed by atoms with Gasteiger partial charge in [0.05, 0.1) is 4.90 Å². The maximum Gasteiger partial charge on any atom is 0.261 e. The van der Waals surface area contributed by atoms with Crippen molar-refractivity contribution in [2.75, 3.05) is 6.54 Å². The van der Waals surface area contributed by atoms with E-state index in [1.165, 1.54) is 18.2 Å². The van der Waals surface area contributed by atoms with Gasteiger partial charge in [0.2, 0.25) is 5.91 Å². The topological polar surface area (TPSA) is 63.2 Å². The van der Waals surface area contributed by atoms with Crippen molar-refractivity contribution in [1.82, 2.24) is 5.32 Å². The first-order valence-corrected chi connectivity index (χ1v) is 7.68. The summed E-state index contributed by atoms with van der Waals surface area (Å²) in [5.41, 5.74) is 0.930. The number of carbonyl (C=O) groups excluding carboxylic acids is 1. The lowest BCUT2D eigenvalue weighted by Crippen LogP contribution is -2.23. The number of benzene rings is 1. The van der Waals surface area contributed by atoms with Gasteiger partial charge >= 0.3 is 0 Å². The molecule has 1 amide bonds. The molecule has 0 saturated heterocycles. The molecule has 6 heteroatoms. The summed E-state index contributed by atoms with van der Waals surface area (Å²) in [6.07, 6.45) is 3.74. The number of halogens is 1. The molecule has 0 saturated carbocycles. The molecule has 0 aliphatic carbocycles. The minimum atomic E-state index is -3.67. The molecule has 4 nitrogen and oxygen atoms in total. The highest BCUT2D eigenvalue weighted by molar-refractivity contribution is 8.13. The molecular formula is C12H14ClNO3S. The van der Waals surface area contributed by atoms with Gasteiger partial charge in [-0.3, -0.25) is 4.79 Å². The number of allylic oxidation sites excluding steroid dienone is 1. The summed E-state index contributed by atoms with van der Waals surface area (Å²) in [7, 11) is 1.53. The molecule has 0 unspecified atom stereocenters. The Kier molecular flexibility index (Phi) is 5.37. The normalized spacial score (nSPS) is 11.7. The maximum absolute atomic E-state index is 11.1. The first-order chi connectivity index (χ1) is 8.43. The average Bonchev–Trinajstić information content (AvgIpc) is 2.29. The maximum atomic E-state index is 11.1. The van der Waals surface area contributed by atoms with Crippen LogP contribution < -0.4 is 5.32 Å². The Labute approximate surface area is 111 Å². The smallest absolute Gasteiger partial charge is 0.261 e. The molecule has 0 atom stereocenters. The number of carbonyl (C=O) groups is 1.